The molecule has 0 saturated carbocycles. The molecule has 0 radical (unpaired) electrons. The molecule has 19 heavy (non-hydrogen) atoms. The molecule has 0 amide bonds. The van der Waals surface area contributed by atoms with Crippen molar-refractivity contribution in [2.24, 2.45) is 0 Å². The van der Waals surface area contributed by atoms with Crippen LogP contribution in [0.4, 0.5) is 5.69 Å². The summed E-state index contributed by atoms with van der Waals surface area (Å²) in [5.41, 5.74) is 2.07. The van der Waals surface area contributed by atoms with Crippen LogP contribution in [0.5, 0.6) is 0 Å². The largest absolute Gasteiger partial charge is 0.467 e. The lowest BCUT2D eigenvalue weighted by molar-refractivity contribution is 0.490. The van der Waals surface area contributed by atoms with Crippen LogP contribution in [-0.2, 0) is 0 Å². The van der Waals surface area contributed by atoms with Gasteiger partial charge in [-0.25, -0.2) is 4.68 Å². The van der Waals surface area contributed by atoms with Gasteiger partial charge in [-0.05, 0) is 43.3 Å². The number of rotatable bonds is 4. The molecule has 3 aromatic rings. The molecule has 1 unspecified atom stereocenters. The number of anilines is 1. The second kappa shape index (κ2) is 5.02. The highest BCUT2D eigenvalue weighted by Crippen LogP contribution is 2.21. The highest BCUT2D eigenvalue weighted by atomic mass is 16.3. The van der Waals surface area contributed by atoms with Crippen molar-refractivity contribution in [2.75, 3.05) is 5.32 Å². The first-order valence-electron chi connectivity index (χ1n) is 6.23. The predicted molar refractivity (Wildman–Crippen MR) is 74.3 cm³/mol. The van der Waals surface area contributed by atoms with E-state index in [9.17, 15) is 0 Å². The van der Waals surface area contributed by atoms with Gasteiger partial charge in [0, 0.05) is 18.1 Å². The minimum atomic E-state index is 0.128. The smallest absolute Gasteiger partial charge is 0.125 e. The molecule has 0 aliphatic heterocycles. The topological polar surface area (TPSA) is 43.0 Å². The fraction of sp³-hybridized carbons (Fsp3) is 0.133. The van der Waals surface area contributed by atoms with Crippen LogP contribution >= 0.6 is 0 Å². The molecule has 3 rings (SSSR count). The number of hydrogen-bond acceptors (Lipinski definition) is 3. The zero-order valence-electron chi connectivity index (χ0n) is 10.7. The second-order valence-corrected chi connectivity index (χ2v) is 4.38. The van der Waals surface area contributed by atoms with E-state index in [2.05, 4.69) is 23.4 Å². The van der Waals surface area contributed by atoms with Crippen LogP contribution in [0.3, 0.4) is 0 Å². The Bertz CT molecular complexity index is 629. The summed E-state index contributed by atoms with van der Waals surface area (Å²) in [4.78, 5) is 0. The van der Waals surface area contributed by atoms with Crippen molar-refractivity contribution in [3.05, 3.63) is 66.9 Å². The van der Waals surface area contributed by atoms with Crippen molar-refractivity contribution in [2.45, 2.75) is 13.0 Å². The van der Waals surface area contributed by atoms with Crippen LogP contribution in [0.15, 0.2) is 65.5 Å². The zero-order valence-corrected chi connectivity index (χ0v) is 10.7. The van der Waals surface area contributed by atoms with Gasteiger partial charge in [-0.15, -0.1) is 0 Å². The van der Waals surface area contributed by atoms with Gasteiger partial charge in [-0.2, -0.15) is 5.10 Å². The molecule has 0 aliphatic rings. The number of hydrogen-bond donors (Lipinski definition) is 1. The summed E-state index contributed by atoms with van der Waals surface area (Å²) in [5, 5.41) is 7.64. The molecule has 1 N–H and O–H groups in total. The van der Waals surface area contributed by atoms with E-state index in [1.54, 1.807) is 12.5 Å². The first-order valence-corrected chi connectivity index (χ1v) is 6.23. The maximum absolute atomic E-state index is 5.39. The molecule has 0 bridgehead atoms. The molecule has 1 aromatic carbocycles. The Kier molecular flexibility index (Phi) is 3.06. The van der Waals surface area contributed by atoms with Crippen molar-refractivity contribution in [1.29, 1.82) is 0 Å². The van der Waals surface area contributed by atoms with Crippen molar-refractivity contribution >= 4 is 5.69 Å². The molecule has 0 spiro atoms. The second-order valence-electron chi connectivity index (χ2n) is 4.38. The van der Waals surface area contributed by atoms with Gasteiger partial charge in [-0.3, -0.25) is 0 Å². The lowest BCUT2D eigenvalue weighted by Crippen LogP contribution is -2.06. The first-order chi connectivity index (χ1) is 9.33. The van der Waals surface area contributed by atoms with E-state index in [0.29, 0.717) is 0 Å². The quantitative estimate of drug-likeness (QED) is 0.772. The minimum absolute atomic E-state index is 0.128. The van der Waals surface area contributed by atoms with Crippen LogP contribution in [0.1, 0.15) is 18.7 Å². The average Bonchev–Trinajstić information content (AvgIpc) is 3.13. The van der Waals surface area contributed by atoms with E-state index in [0.717, 1.165) is 17.1 Å². The third kappa shape index (κ3) is 2.52. The normalized spacial score (nSPS) is 12.3. The van der Waals surface area contributed by atoms with Gasteiger partial charge < -0.3 is 9.73 Å². The molecule has 2 aromatic heterocycles. The number of nitrogens with zero attached hydrogens (tertiary/aromatic N) is 2. The highest BCUT2D eigenvalue weighted by molar-refractivity contribution is 5.51. The van der Waals surface area contributed by atoms with Gasteiger partial charge in [0.2, 0.25) is 0 Å². The molecule has 2 heterocycles. The third-order valence-corrected chi connectivity index (χ3v) is 2.97. The Labute approximate surface area is 111 Å². The molecular formula is C15H15N3O. The molecule has 1 atom stereocenters. The standard InChI is InChI=1S/C15H15N3O/c1-12(15-7-3-10-19-15)17-13-5-2-6-14(11-13)18-9-4-8-16-18/h2-12,17H,1H3. The van der Waals surface area contributed by atoms with Crippen LogP contribution in [0.25, 0.3) is 5.69 Å². The molecular weight excluding hydrogens is 238 g/mol. The molecule has 4 nitrogen and oxygen atoms in total. The fourth-order valence-corrected chi connectivity index (χ4v) is 2.02. The summed E-state index contributed by atoms with van der Waals surface area (Å²) in [7, 11) is 0. The van der Waals surface area contributed by atoms with E-state index in [4.69, 9.17) is 4.42 Å². The van der Waals surface area contributed by atoms with E-state index in [1.165, 1.54) is 0 Å². The molecule has 96 valence electrons. The van der Waals surface area contributed by atoms with Gasteiger partial charge in [0.1, 0.15) is 5.76 Å². The molecule has 4 heteroatoms. The van der Waals surface area contributed by atoms with Crippen molar-refractivity contribution in [1.82, 2.24) is 9.78 Å². The van der Waals surface area contributed by atoms with Crippen LogP contribution in [0, 0.1) is 0 Å². The summed E-state index contributed by atoms with van der Waals surface area (Å²) in [6, 6.07) is 14.0. The van der Waals surface area contributed by atoms with E-state index >= 15 is 0 Å². The number of nitrogens with one attached hydrogen (secondary N) is 1. The van der Waals surface area contributed by atoms with Gasteiger partial charge >= 0.3 is 0 Å². The minimum Gasteiger partial charge on any atom is -0.467 e. The lowest BCUT2D eigenvalue weighted by atomic mass is 10.2. The van der Waals surface area contributed by atoms with Gasteiger partial charge in [0.25, 0.3) is 0 Å². The lowest BCUT2D eigenvalue weighted by Gasteiger charge is -2.13. The van der Waals surface area contributed by atoms with Crippen molar-refractivity contribution < 1.29 is 4.42 Å². The summed E-state index contributed by atoms with van der Waals surface area (Å²) >= 11 is 0. The Morgan fingerprint density at radius 1 is 1.21 bits per heavy atom. The molecule has 0 fully saturated rings. The summed E-state index contributed by atoms with van der Waals surface area (Å²) in [6.07, 6.45) is 5.38. The average molecular weight is 253 g/mol. The number of benzene rings is 1. The summed E-state index contributed by atoms with van der Waals surface area (Å²) in [6.45, 7) is 2.07. The van der Waals surface area contributed by atoms with E-state index in [1.807, 2.05) is 47.3 Å². The van der Waals surface area contributed by atoms with Crippen LogP contribution in [0.2, 0.25) is 0 Å². The van der Waals surface area contributed by atoms with Crippen LogP contribution in [-0.4, -0.2) is 9.78 Å². The Morgan fingerprint density at radius 3 is 2.89 bits per heavy atom. The Hall–Kier alpha value is -2.49. The predicted octanol–water partition coefficient (Wildman–Crippen LogP) is 3.64. The van der Waals surface area contributed by atoms with E-state index < -0.39 is 0 Å². The monoisotopic (exact) mass is 253 g/mol. The first kappa shape index (κ1) is 11.6. The highest BCUT2D eigenvalue weighted by Gasteiger charge is 2.08. The van der Waals surface area contributed by atoms with Gasteiger partial charge in [0.05, 0.1) is 18.0 Å². The molecule has 0 saturated heterocycles. The third-order valence-electron chi connectivity index (χ3n) is 2.97. The molecule has 0 aliphatic carbocycles. The summed E-state index contributed by atoms with van der Waals surface area (Å²) < 4.78 is 7.23. The maximum atomic E-state index is 5.39. The fourth-order valence-electron chi connectivity index (χ4n) is 2.02. The Morgan fingerprint density at radius 2 is 2.16 bits per heavy atom. The van der Waals surface area contributed by atoms with Crippen LogP contribution < -0.4 is 5.32 Å². The SMILES string of the molecule is CC(Nc1cccc(-n2cccn2)c1)c1ccco1. The zero-order chi connectivity index (χ0) is 13.1. The Balaban J connectivity index is 1.80. The van der Waals surface area contributed by atoms with Crippen molar-refractivity contribution in [3.8, 4) is 5.69 Å². The van der Waals surface area contributed by atoms with Gasteiger partial charge in [-0.1, -0.05) is 6.07 Å². The maximum Gasteiger partial charge on any atom is 0.125 e. The summed E-state index contributed by atoms with van der Waals surface area (Å²) in [5.74, 6) is 0.921. The van der Waals surface area contributed by atoms with Crippen molar-refractivity contribution in [3.63, 3.8) is 0 Å². The number of aromatic nitrogens is 2. The number of furan rings is 1. The van der Waals surface area contributed by atoms with E-state index in [-0.39, 0.29) is 6.04 Å². The van der Waals surface area contributed by atoms with Gasteiger partial charge in [0.15, 0.2) is 0 Å².